The average molecular weight is 550 g/mol. The highest BCUT2D eigenvalue weighted by molar-refractivity contribution is 7.14. The molecule has 0 saturated carbocycles. The van der Waals surface area contributed by atoms with Gasteiger partial charge in [0.2, 0.25) is 0 Å². The minimum Gasteiger partial charge on any atom is -0.493 e. The van der Waals surface area contributed by atoms with E-state index >= 15 is 0 Å². The van der Waals surface area contributed by atoms with Crippen LogP contribution < -0.4 is 10.1 Å². The summed E-state index contributed by atoms with van der Waals surface area (Å²) in [5.74, 6) is 0.352. The molecule has 0 spiro atoms. The zero-order valence-electron chi connectivity index (χ0n) is 24.7. The standard InChI is InChI=1S/C33H43NO4S/c1-9-33(10-2,28-16-15-27(39-28)31(36)34-18-17-29(35)37-8)21-38-26-19-22(3)30(23(4)20-26)24-11-13-25(14-12-24)32(5,6)7/h11-16,19-20H,9-10,17-18,21H2,1-8H3,(H,34,36). The number of ether oxygens (including phenoxy) is 2. The molecular weight excluding hydrogens is 506 g/mol. The molecule has 6 heteroatoms. The molecule has 0 radical (unpaired) electrons. The van der Waals surface area contributed by atoms with E-state index in [2.05, 4.69) is 94.9 Å². The molecule has 0 saturated heterocycles. The van der Waals surface area contributed by atoms with Gasteiger partial charge in [0, 0.05) is 16.8 Å². The molecule has 0 aliphatic carbocycles. The van der Waals surface area contributed by atoms with Crippen LogP contribution in [0.15, 0.2) is 48.5 Å². The fourth-order valence-electron chi connectivity index (χ4n) is 4.91. The van der Waals surface area contributed by atoms with Gasteiger partial charge in [0.25, 0.3) is 5.91 Å². The number of aryl methyl sites for hydroxylation is 2. The van der Waals surface area contributed by atoms with Crippen LogP contribution in [0.4, 0.5) is 0 Å². The number of carbonyl (C=O) groups excluding carboxylic acids is 2. The van der Waals surface area contributed by atoms with Gasteiger partial charge in [-0.05, 0) is 84.2 Å². The number of esters is 1. The molecule has 2 aromatic carbocycles. The van der Waals surface area contributed by atoms with E-state index in [1.807, 2.05) is 12.1 Å². The predicted molar refractivity (Wildman–Crippen MR) is 161 cm³/mol. The highest BCUT2D eigenvalue weighted by Gasteiger charge is 2.32. The number of amides is 1. The van der Waals surface area contributed by atoms with Crippen molar-refractivity contribution in [2.24, 2.45) is 0 Å². The van der Waals surface area contributed by atoms with Crippen LogP contribution in [0.2, 0.25) is 0 Å². The maximum absolute atomic E-state index is 12.6. The average Bonchev–Trinajstić information content (AvgIpc) is 3.40. The largest absolute Gasteiger partial charge is 0.493 e. The van der Waals surface area contributed by atoms with Crippen molar-refractivity contribution in [3.8, 4) is 16.9 Å². The van der Waals surface area contributed by atoms with Crippen LogP contribution in [-0.2, 0) is 20.4 Å². The normalized spacial score (nSPS) is 11.8. The first-order chi connectivity index (χ1) is 18.4. The lowest BCUT2D eigenvalue weighted by atomic mass is 9.81. The first kappa shape index (κ1) is 30.4. The van der Waals surface area contributed by atoms with Gasteiger partial charge in [-0.15, -0.1) is 11.3 Å². The molecule has 0 bridgehead atoms. The van der Waals surface area contributed by atoms with Gasteiger partial charge >= 0.3 is 5.97 Å². The fourth-order valence-corrected chi connectivity index (χ4v) is 6.14. The summed E-state index contributed by atoms with van der Waals surface area (Å²) in [6.45, 7) is 16.1. The summed E-state index contributed by atoms with van der Waals surface area (Å²) in [5.41, 5.74) is 6.11. The first-order valence-corrected chi connectivity index (χ1v) is 14.6. The van der Waals surface area contributed by atoms with Gasteiger partial charge < -0.3 is 14.8 Å². The van der Waals surface area contributed by atoms with Crippen molar-refractivity contribution in [3.05, 3.63) is 75.0 Å². The Hall–Kier alpha value is -3.12. The molecule has 3 aromatic rings. The Kier molecular flexibility index (Phi) is 10.0. The Morgan fingerprint density at radius 3 is 2.08 bits per heavy atom. The van der Waals surface area contributed by atoms with Crippen LogP contribution in [0.1, 0.15) is 85.1 Å². The molecular formula is C33H43NO4S. The number of rotatable bonds is 11. The molecule has 0 aliphatic heterocycles. The lowest BCUT2D eigenvalue weighted by Crippen LogP contribution is -2.31. The third kappa shape index (κ3) is 7.30. The third-order valence-electron chi connectivity index (χ3n) is 7.61. The van der Waals surface area contributed by atoms with Crippen LogP contribution in [0.25, 0.3) is 11.1 Å². The lowest BCUT2D eigenvalue weighted by Gasteiger charge is -2.31. The Balaban J connectivity index is 1.75. The second kappa shape index (κ2) is 12.8. The second-order valence-electron chi connectivity index (χ2n) is 11.3. The second-order valence-corrected chi connectivity index (χ2v) is 12.4. The summed E-state index contributed by atoms with van der Waals surface area (Å²) in [5, 5.41) is 2.80. The van der Waals surface area contributed by atoms with E-state index in [0.717, 1.165) is 23.5 Å². The van der Waals surface area contributed by atoms with Gasteiger partial charge in [0.15, 0.2) is 0 Å². The van der Waals surface area contributed by atoms with Crippen LogP contribution in [-0.4, -0.2) is 32.1 Å². The van der Waals surface area contributed by atoms with Crippen LogP contribution in [0.5, 0.6) is 5.75 Å². The first-order valence-electron chi connectivity index (χ1n) is 13.7. The van der Waals surface area contributed by atoms with Gasteiger partial charge in [0.05, 0.1) is 25.0 Å². The van der Waals surface area contributed by atoms with E-state index in [0.29, 0.717) is 11.5 Å². The quantitative estimate of drug-likeness (QED) is 0.248. The van der Waals surface area contributed by atoms with Crippen molar-refractivity contribution in [2.75, 3.05) is 20.3 Å². The number of nitrogens with one attached hydrogen (secondary N) is 1. The fraction of sp³-hybridized carbons (Fsp3) is 0.455. The number of benzene rings is 2. The smallest absolute Gasteiger partial charge is 0.307 e. The van der Waals surface area contributed by atoms with E-state index in [1.165, 1.54) is 46.3 Å². The highest BCUT2D eigenvalue weighted by atomic mass is 32.1. The van der Waals surface area contributed by atoms with Gasteiger partial charge in [-0.25, -0.2) is 0 Å². The Labute approximate surface area is 237 Å². The number of methoxy groups -OCH3 is 1. The van der Waals surface area contributed by atoms with Crippen LogP contribution >= 0.6 is 11.3 Å². The summed E-state index contributed by atoms with van der Waals surface area (Å²) in [4.78, 5) is 25.7. The molecule has 0 fully saturated rings. The molecule has 0 aliphatic rings. The topological polar surface area (TPSA) is 64.6 Å². The molecule has 1 heterocycles. The Bertz CT molecular complexity index is 1260. The highest BCUT2D eigenvalue weighted by Crippen LogP contribution is 2.38. The number of hydrogen-bond donors (Lipinski definition) is 1. The monoisotopic (exact) mass is 549 g/mol. The predicted octanol–water partition coefficient (Wildman–Crippen LogP) is 7.76. The Morgan fingerprint density at radius 2 is 1.54 bits per heavy atom. The zero-order chi connectivity index (χ0) is 28.8. The summed E-state index contributed by atoms with van der Waals surface area (Å²) in [7, 11) is 1.34. The summed E-state index contributed by atoms with van der Waals surface area (Å²) >= 11 is 1.50. The molecule has 5 nitrogen and oxygen atoms in total. The van der Waals surface area contributed by atoms with Gasteiger partial charge in [-0.1, -0.05) is 58.9 Å². The lowest BCUT2D eigenvalue weighted by molar-refractivity contribution is -0.140. The minimum atomic E-state index is -0.341. The van der Waals surface area contributed by atoms with E-state index in [9.17, 15) is 9.59 Å². The van der Waals surface area contributed by atoms with Gasteiger partial charge in [-0.2, -0.15) is 0 Å². The van der Waals surface area contributed by atoms with Crippen molar-refractivity contribution in [3.63, 3.8) is 0 Å². The summed E-state index contributed by atoms with van der Waals surface area (Å²) < 4.78 is 11.1. The number of carbonyl (C=O) groups is 2. The van der Waals surface area contributed by atoms with Crippen molar-refractivity contribution in [1.29, 1.82) is 0 Å². The van der Waals surface area contributed by atoms with E-state index in [1.54, 1.807) is 0 Å². The van der Waals surface area contributed by atoms with E-state index in [4.69, 9.17) is 4.74 Å². The third-order valence-corrected chi connectivity index (χ3v) is 8.94. The number of thiophene rings is 1. The minimum absolute atomic E-state index is 0.128. The van der Waals surface area contributed by atoms with E-state index < -0.39 is 0 Å². The van der Waals surface area contributed by atoms with Crippen LogP contribution in [0, 0.1) is 13.8 Å². The molecule has 1 aromatic heterocycles. The molecule has 0 unspecified atom stereocenters. The number of hydrogen-bond acceptors (Lipinski definition) is 5. The summed E-state index contributed by atoms with van der Waals surface area (Å²) in [6.07, 6.45) is 1.94. The molecule has 210 valence electrons. The van der Waals surface area contributed by atoms with Crippen LogP contribution in [0.3, 0.4) is 0 Å². The molecule has 0 atom stereocenters. The molecule has 3 rings (SSSR count). The van der Waals surface area contributed by atoms with Gasteiger partial charge in [0.1, 0.15) is 5.75 Å². The molecule has 1 amide bonds. The van der Waals surface area contributed by atoms with E-state index in [-0.39, 0.29) is 35.7 Å². The zero-order valence-corrected chi connectivity index (χ0v) is 25.5. The maximum Gasteiger partial charge on any atom is 0.307 e. The van der Waals surface area contributed by atoms with Gasteiger partial charge in [-0.3, -0.25) is 9.59 Å². The maximum atomic E-state index is 12.6. The molecule has 1 N–H and O–H groups in total. The van der Waals surface area contributed by atoms with Crippen molar-refractivity contribution in [2.45, 2.75) is 78.6 Å². The van der Waals surface area contributed by atoms with Crippen molar-refractivity contribution in [1.82, 2.24) is 5.32 Å². The Morgan fingerprint density at radius 1 is 0.923 bits per heavy atom. The summed E-state index contributed by atoms with van der Waals surface area (Å²) in [6, 6.07) is 17.0. The van der Waals surface area contributed by atoms with Crippen molar-refractivity contribution >= 4 is 23.2 Å². The SMILES string of the molecule is CCC(CC)(COc1cc(C)c(-c2ccc(C(C)(C)C)cc2)c(C)c1)c1ccc(C(=O)NCCC(=O)OC)s1. The van der Waals surface area contributed by atoms with Crippen molar-refractivity contribution < 1.29 is 19.1 Å². The molecule has 39 heavy (non-hydrogen) atoms.